The number of piperazine rings is 1. The van der Waals surface area contributed by atoms with Crippen molar-refractivity contribution in [2.24, 2.45) is 0 Å². The second-order valence-corrected chi connectivity index (χ2v) is 4.58. The van der Waals surface area contributed by atoms with Crippen LogP contribution in [0.2, 0.25) is 0 Å². The summed E-state index contributed by atoms with van der Waals surface area (Å²) in [6.45, 7) is 8.92. The van der Waals surface area contributed by atoms with E-state index >= 15 is 0 Å². The number of nitrogens with zero attached hydrogens (tertiary/aromatic N) is 1. The lowest BCUT2D eigenvalue weighted by molar-refractivity contribution is 0.199. The van der Waals surface area contributed by atoms with Crippen molar-refractivity contribution in [1.82, 2.24) is 10.2 Å². The van der Waals surface area contributed by atoms with Gasteiger partial charge in [-0.25, -0.2) is 0 Å². The Morgan fingerprint density at radius 1 is 1.33 bits per heavy atom. The van der Waals surface area contributed by atoms with Crippen molar-refractivity contribution in [2.45, 2.75) is 26.4 Å². The van der Waals surface area contributed by atoms with Gasteiger partial charge in [-0.1, -0.05) is 29.8 Å². The van der Waals surface area contributed by atoms with Gasteiger partial charge >= 0.3 is 0 Å². The molecule has 0 amide bonds. The van der Waals surface area contributed by atoms with Crippen LogP contribution in [0.5, 0.6) is 0 Å². The lowest BCUT2D eigenvalue weighted by atomic mass is 10.1. The summed E-state index contributed by atoms with van der Waals surface area (Å²) in [6.07, 6.45) is 0. The highest BCUT2D eigenvalue weighted by molar-refractivity contribution is 5.21. The molecule has 1 aliphatic heterocycles. The average molecular weight is 204 g/mol. The molecule has 1 N–H and O–H groups in total. The maximum Gasteiger partial charge on any atom is 0.0234 e. The van der Waals surface area contributed by atoms with Crippen LogP contribution in [0, 0.1) is 6.92 Å². The van der Waals surface area contributed by atoms with E-state index in [9.17, 15) is 0 Å². The minimum Gasteiger partial charge on any atom is -0.312 e. The number of aryl methyl sites for hydroxylation is 1. The minimum absolute atomic E-state index is 0.629. The Bertz CT molecular complexity index is 305. The van der Waals surface area contributed by atoms with Gasteiger partial charge in [-0.05, 0) is 19.4 Å². The Balaban J connectivity index is 1.93. The van der Waals surface area contributed by atoms with Gasteiger partial charge in [-0.3, -0.25) is 4.90 Å². The van der Waals surface area contributed by atoms with Crippen molar-refractivity contribution < 1.29 is 0 Å². The molecule has 0 aliphatic carbocycles. The summed E-state index contributed by atoms with van der Waals surface area (Å²) >= 11 is 0. The van der Waals surface area contributed by atoms with Gasteiger partial charge in [0.05, 0.1) is 0 Å². The maximum absolute atomic E-state index is 3.47. The maximum atomic E-state index is 3.47. The van der Waals surface area contributed by atoms with Crippen LogP contribution in [0.1, 0.15) is 18.1 Å². The molecule has 1 unspecified atom stereocenters. The van der Waals surface area contributed by atoms with Gasteiger partial charge < -0.3 is 5.32 Å². The number of hydrogen-bond donors (Lipinski definition) is 1. The van der Waals surface area contributed by atoms with Crippen LogP contribution in [0.15, 0.2) is 24.3 Å². The van der Waals surface area contributed by atoms with Crippen LogP contribution in [-0.4, -0.2) is 30.6 Å². The summed E-state index contributed by atoms with van der Waals surface area (Å²) in [5.74, 6) is 0. The molecule has 1 fully saturated rings. The molecular formula is C13H20N2. The van der Waals surface area contributed by atoms with Gasteiger partial charge in [0.15, 0.2) is 0 Å². The molecule has 0 spiro atoms. The van der Waals surface area contributed by atoms with E-state index in [4.69, 9.17) is 0 Å². The van der Waals surface area contributed by atoms with Crippen molar-refractivity contribution in [3.05, 3.63) is 35.4 Å². The van der Waals surface area contributed by atoms with Gasteiger partial charge in [0.1, 0.15) is 0 Å². The third-order valence-electron chi connectivity index (χ3n) is 2.98. The largest absolute Gasteiger partial charge is 0.312 e. The highest BCUT2D eigenvalue weighted by Crippen LogP contribution is 2.08. The lowest BCUT2D eigenvalue weighted by Crippen LogP contribution is -2.48. The average Bonchev–Trinajstić information content (AvgIpc) is 2.22. The summed E-state index contributed by atoms with van der Waals surface area (Å²) in [6, 6.07) is 9.50. The van der Waals surface area contributed by atoms with E-state index in [0.29, 0.717) is 6.04 Å². The van der Waals surface area contributed by atoms with Crippen LogP contribution in [0.25, 0.3) is 0 Å². The molecule has 2 heteroatoms. The van der Waals surface area contributed by atoms with Crippen LogP contribution >= 0.6 is 0 Å². The van der Waals surface area contributed by atoms with Crippen molar-refractivity contribution in [3.8, 4) is 0 Å². The topological polar surface area (TPSA) is 15.3 Å². The van der Waals surface area contributed by atoms with E-state index < -0.39 is 0 Å². The molecule has 2 rings (SSSR count). The van der Waals surface area contributed by atoms with Gasteiger partial charge in [0.2, 0.25) is 0 Å². The standard InChI is InChI=1S/C13H20N2/c1-11-3-5-13(6-4-11)10-15-8-7-14-12(2)9-15/h3-6,12,14H,7-10H2,1-2H3. The van der Waals surface area contributed by atoms with E-state index in [1.165, 1.54) is 11.1 Å². The van der Waals surface area contributed by atoms with E-state index in [0.717, 1.165) is 26.2 Å². The summed E-state index contributed by atoms with van der Waals surface area (Å²) in [4.78, 5) is 2.52. The molecule has 1 atom stereocenters. The zero-order chi connectivity index (χ0) is 10.7. The summed E-state index contributed by atoms with van der Waals surface area (Å²) in [7, 11) is 0. The second-order valence-electron chi connectivity index (χ2n) is 4.58. The van der Waals surface area contributed by atoms with Crippen molar-refractivity contribution in [2.75, 3.05) is 19.6 Å². The Morgan fingerprint density at radius 3 is 2.73 bits per heavy atom. The fourth-order valence-corrected chi connectivity index (χ4v) is 2.11. The highest BCUT2D eigenvalue weighted by Gasteiger charge is 2.14. The molecule has 1 aliphatic rings. The predicted octanol–water partition coefficient (Wildman–Crippen LogP) is 1.79. The first-order chi connectivity index (χ1) is 7.24. The number of benzene rings is 1. The summed E-state index contributed by atoms with van der Waals surface area (Å²) < 4.78 is 0. The Kier molecular flexibility index (Phi) is 3.39. The summed E-state index contributed by atoms with van der Waals surface area (Å²) in [5, 5.41) is 3.47. The fraction of sp³-hybridized carbons (Fsp3) is 0.538. The minimum atomic E-state index is 0.629. The zero-order valence-corrected chi connectivity index (χ0v) is 9.66. The monoisotopic (exact) mass is 204 g/mol. The van der Waals surface area contributed by atoms with Crippen LogP contribution in [0.4, 0.5) is 0 Å². The van der Waals surface area contributed by atoms with Crippen LogP contribution in [-0.2, 0) is 6.54 Å². The molecule has 1 saturated heterocycles. The normalized spacial score (nSPS) is 22.9. The SMILES string of the molecule is Cc1ccc(CN2CCNC(C)C2)cc1. The van der Waals surface area contributed by atoms with E-state index in [-0.39, 0.29) is 0 Å². The van der Waals surface area contributed by atoms with Gasteiger partial charge in [0, 0.05) is 32.2 Å². The first kappa shape index (κ1) is 10.7. The number of nitrogens with one attached hydrogen (secondary N) is 1. The van der Waals surface area contributed by atoms with E-state index in [1.54, 1.807) is 0 Å². The quantitative estimate of drug-likeness (QED) is 0.790. The number of hydrogen-bond acceptors (Lipinski definition) is 2. The third kappa shape index (κ3) is 3.05. The Morgan fingerprint density at radius 2 is 2.07 bits per heavy atom. The molecule has 2 nitrogen and oxygen atoms in total. The first-order valence-corrected chi connectivity index (χ1v) is 5.75. The summed E-state index contributed by atoms with van der Waals surface area (Å²) in [5.41, 5.74) is 2.77. The van der Waals surface area contributed by atoms with Crippen LogP contribution in [0.3, 0.4) is 0 Å². The Hall–Kier alpha value is -0.860. The first-order valence-electron chi connectivity index (χ1n) is 5.75. The van der Waals surface area contributed by atoms with E-state index in [2.05, 4.69) is 48.3 Å². The highest BCUT2D eigenvalue weighted by atomic mass is 15.2. The van der Waals surface area contributed by atoms with Gasteiger partial charge in [-0.15, -0.1) is 0 Å². The second kappa shape index (κ2) is 4.77. The fourth-order valence-electron chi connectivity index (χ4n) is 2.11. The van der Waals surface area contributed by atoms with Crippen molar-refractivity contribution in [1.29, 1.82) is 0 Å². The lowest BCUT2D eigenvalue weighted by Gasteiger charge is -2.31. The molecule has 15 heavy (non-hydrogen) atoms. The van der Waals surface area contributed by atoms with Gasteiger partial charge in [-0.2, -0.15) is 0 Å². The molecule has 0 saturated carbocycles. The van der Waals surface area contributed by atoms with Gasteiger partial charge in [0.25, 0.3) is 0 Å². The molecule has 0 bridgehead atoms. The molecule has 1 heterocycles. The van der Waals surface area contributed by atoms with E-state index in [1.807, 2.05) is 0 Å². The predicted molar refractivity (Wildman–Crippen MR) is 63.9 cm³/mol. The Labute approximate surface area is 92.3 Å². The molecule has 0 radical (unpaired) electrons. The number of rotatable bonds is 2. The van der Waals surface area contributed by atoms with Crippen molar-refractivity contribution >= 4 is 0 Å². The molecule has 0 aromatic heterocycles. The molecule has 82 valence electrons. The van der Waals surface area contributed by atoms with Crippen LogP contribution < -0.4 is 5.32 Å². The third-order valence-corrected chi connectivity index (χ3v) is 2.98. The molecule has 1 aromatic rings. The van der Waals surface area contributed by atoms with Crippen molar-refractivity contribution in [3.63, 3.8) is 0 Å². The zero-order valence-electron chi connectivity index (χ0n) is 9.66. The smallest absolute Gasteiger partial charge is 0.0234 e. The molecular weight excluding hydrogens is 184 g/mol. The molecule has 1 aromatic carbocycles.